The summed E-state index contributed by atoms with van der Waals surface area (Å²) in [5, 5.41) is 16.1. The second kappa shape index (κ2) is 11.5. The standard InChI is InChI=1S/C30H32ClN5O4/c1-3-21-17-26(28-8-9-29(31)40-28)36(33-21)22-5-6-25-24(18-22)32-30(35(25)12-13-38-2)23-16-20(4-7-27(23)37)19-34-10-14-39-15-11-34/h4-9,16-18,37H,3,10-15,19H2,1-2H3. The van der Waals surface area contributed by atoms with E-state index in [4.69, 9.17) is 35.6 Å². The van der Waals surface area contributed by atoms with Crippen molar-refractivity contribution < 1.29 is 19.0 Å². The summed E-state index contributed by atoms with van der Waals surface area (Å²) in [6.07, 6.45) is 0.784. The highest BCUT2D eigenvalue weighted by atomic mass is 35.5. The van der Waals surface area contributed by atoms with E-state index in [-0.39, 0.29) is 5.75 Å². The van der Waals surface area contributed by atoms with Crippen LogP contribution in [0.1, 0.15) is 18.2 Å². The maximum Gasteiger partial charge on any atom is 0.194 e. The van der Waals surface area contributed by atoms with Crippen LogP contribution in [0.2, 0.25) is 5.22 Å². The molecule has 208 valence electrons. The molecule has 1 aliphatic heterocycles. The van der Waals surface area contributed by atoms with Crippen LogP contribution in [-0.2, 0) is 29.0 Å². The van der Waals surface area contributed by atoms with Gasteiger partial charge in [-0.15, -0.1) is 0 Å². The smallest absolute Gasteiger partial charge is 0.194 e. The molecule has 0 amide bonds. The van der Waals surface area contributed by atoms with Gasteiger partial charge in [0.15, 0.2) is 11.0 Å². The molecule has 1 aliphatic rings. The van der Waals surface area contributed by atoms with Crippen molar-refractivity contribution in [2.75, 3.05) is 40.0 Å². The summed E-state index contributed by atoms with van der Waals surface area (Å²) in [7, 11) is 1.68. The van der Waals surface area contributed by atoms with E-state index in [0.717, 1.165) is 72.9 Å². The Bertz CT molecular complexity index is 1630. The summed E-state index contributed by atoms with van der Waals surface area (Å²) < 4.78 is 20.6. The van der Waals surface area contributed by atoms with Gasteiger partial charge in [-0.3, -0.25) is 4.90 Å². The number of ether oxygens (including phenoxy) is 2. The first-order chi connectivity index (χ1) is 19.5. The summed E-state index contributed by atoms with van der Waals surface area (Å²) in [6.45, 7) is 7.23. The average molecular weight is 562 g/mol. The van der Waals surface area contributed by atoms with E-state index >= 15 is 0 Å². The molecule has 0 radical (unpaired) electrons. The first kappa shape index (κ1) is 26.6. The van der Waals surface area contributed by atoms with Gasteiger partial charge in [0.25, 0.3) is 0 Å². The number of rotatable bonds is 9. The number of phenols is 1. The van der Waals surface area contributed by atoms with E-state index < -0.39 is 0 Å². The Hall–Kier alpha value is -3.63. The normalized spacial score (nSPS) is 14.4. The quantitative estimate of drug-likeness (QED) is 0.252. The van der Waals surface area contributed by atoms with E-state index in [1.165, 1.54) is 0 Å². The number of aromatic nitrogens is 4. The molecular formula is C30H32ClN5O4. The number of phenolic OH excluding ortho intramolecular Hbond substituents is 1. The van der Waals surface area contributed by atoms with Crippen LogP contribution in [0, 0.1) is 0 Å². The molecule has 40 heavy (non-hydrogen) atoms. The number of morpholine rings is 1. The second-order valence-electron chi connectivity index (χ2n) is 9.88. The van der Waals surface area contributed by atoms with Crippen molar-refractivity contribution in [2.24, 2.45) is 0 Å². The predicted octanol–water partition coefficient (Wildman–Crippen LogP) is 5.55. The van der Waals surface area contributed by atoms with Crippen LogP contribution < -0.4 is 0 Å². The molecule has 0 bridgehead atoms. The summed E-state index contributed by atoms with van der Waals surface area (Å²) in [6, 6.07) is 17.4. The van der Waals surface area contributed by atoms with Gasteiger partial charge in [0.1, 0.15) is 17.3 Å². The van der Waals surface area contributed by atoms with Crippen LogP contribution in [0.5, 0.6) is 5.75 Å². The van der Waals surface area contributed by atoms with Crippen LogP contribution in [0.15, 0.2) is 59.0 Å². The monoisotopic (exact) mass is 561 g/mol. The molecule has 0 saturated carbocycles. The highest BCUT2D eigenvalue weighted by Gasteiger charge is 2.20. The molecule has 9 nitrogen and oxygen atoms in total. The molecule has 0 spiro atoms. The Balaban J connectivity index is 1.43. The van der Waals surface area contributed by atoms with E-state index in [0.29, 0.717) is 35.5 Å². The summed E-state index contributed by atoms with van der Waals surface area (Å²) in [5.74, 6) is 1.53. The lowest BCUT2D eigenvalue weighted by atomic mass is 10.1. The summed E-state index contributed by atoms with van der Waals surface area (Å²) in [4.78, 5) is 7.39. The molecule has 6 rings (SSSR count). The van der Waals surface area contributed by atoms with Crippen molar-refractivity contribution in [3.05, 3.63) is 71.1 Å². The van der Waals surface area contributed by atoms with Crippen LogP contribution in [0.4, 0.5) is 0 Å². The zero-order chi connectivity index (χ0) is 27.6. The third-order valence-electron chi connectivity index (χ3n) is 7.26. The van der Waals surface area contributed by atoms with Crippen molar-refractivity contribution in [1.82, 2.24) is 24.2 Å². The minimum absolute atomic E-state index is 0.191. The van der Waals surface area contributed by atoms with Gasteiger partial charge >= 0.3 is 0 Å². The molecule has 3 aromatic heterocycles. The number of methoxy groups -OCH3 is 1. The Labute approximate surface area is 237 Å². The van der Waals surface area contributed by atoms with Crippen molar-refractivity contribution >= 4 is 22.6 Å². The largest absolute Gasteiger partial charge is 0.507 e. The minimum atomic E-state index is 0.191. The number of benzene rings is 2. The number of imidazole rings is 1. The lowest BCUT2D eigenvalue weighted by Gasteiger charge is -2.26. The number of hydrogen-bond acceptors (Lipinski definition) is 7. The highest BCUT2D eigenvalue weighted by Crippen LogP contribution is 2.34. The zero-order valence-corrected chi connectivity index (χ0v) is 23.4. The number of nitrogens with zero attached hydrogens (tertiary/aromatic N) is 5. The fourth-order valence-corrected chi connectivity index (χ4v) is 5.32. The minimum Gasteiger partial charge on any atom is -0.507 e. The number of aromatic hydroxyl groups is 1. The van der Waals surface area contributed by atoms with Crippen LogP contribution in [0.3, 0.4) is 0 Å². The Morgan fingerprint density at radius 3 is 2.65 bits per heavy atom. The van der Waals surface area contributed by atoms with Crippen molar-refractivity contribution in [2.45, 2.75) is 26.4 Å². The lowest BCUT2D eigenvalue weighted by Crippen LogP contribution is -2.35. The van der Waals surface area contributed by atoms with Crippen molar-refractivity contribution in [1.29, 1.82) is 0 Å². The van der Waals surface area contributed by atoms with Gasteiger partial charge in [0, 0.05) is 33.3 Å². The molecule has 1 saturated heterocycles. The fourth-order valence-electron chi connectivity index (χ4n) is 5.17. The van der Waals surface area contributed by atoms with Crippen LogP contribution in [0.25, 0.3) is 39.6 Å². The molecule has 1 N–H and O–H groups in total. The topological polar surface area (TPSA) is 90.7 Å². The van der Waals surface area contributed by atoms with Gasteiger partial charge in [-0.1, -0.05) is 13.0 Å². The van der Waals surface area contributed by atoms with E-state index in [9.17, 15) is 5.11 Å². The molecule has 0 unspecified atom stereocenters. The molecule has 5 aromatic rings. The number of halogens is 1. The van der Waals surface area contributed by atoms with Crippen molar-refractivity contribution in [3.8, 4) is 34.3 Å². The van der Waals surface area contributed by atoms with Gasteiger partial charge in [-0.25, -0.2) is 9.67 Å². The molecule has 10 heteroatoms. The number of hydrogen-bond donors (Lipinski definition) is 1. The Morgan fingerprint density at radius 2 is 1.90 bits per heavy atom. The predicted molar refractivity (Wildman–Crippen MR) is 154 cm³/mol. The number of furan rings is 1. The molecule has 1 fully saturated rings. The van der Waals surface area contributed by atoms with Crippen LogP contribution >= 0.6 is 11.6 Å². The van der Waals surface area contributed by atoms with E-state index in [1.807, 2.05) is 47.1 Å². The molecule has 0 atom stereocenters. The molecule has 4 heterocycles. The van der Waals surface area contributed by atoms with Gasteiger partial charge in [-0.2, -0.15) is 5.10 Å². The Morgan fingerprint density at radius 1 is 1.05 bits per heavy atom. The molecule has 2 aromatic carbocycles. The molecule has 0 aliphatic carbocycles. The summed E-state index contributed by atoms with van der Waals surface area (Å²) >= 11 is 6.08. The van der Waals surface area contributed by atoms with Gasteiger partial charge in [0.2, 0.25) is 0 Å². The second-order valence-corrected chi connectivity index (χ2v) is 10.3. The van der Waals surface area contributed by atoms with E-state index in [2.05, 4.69) is 16.4 Å². The van der Waals surface area contributed by atoms with Crippen LogP contribution in [-0.4, -0.2) is 69.4 Å². The third kappa shape index (κ3) is 5.25. The average Bonchev–Trinajstić information content (AvgIpc) is 3.69. The van der Waals surface area contributed by atoms with Crippen molar-refractivity contribution in [3.63, 3.8) is 0 Å². The fraction of sp³-hybridized carbons (Fsp3) is 0.333. The first-order valence-electron chi connectivity index (χ1n) is 13.5. The highest BCUT2D eigenvalue weighted by molar-refractivity contribution is 6.29. The number of fused-ring (bicyclic) bond motifs is 1. The maximum absolute atomic E-state index is 10.9. The first-order valence-corrected chi connectivity index (χ1v) is 13.9. The summed E-state index contributed by atoms with van der Waals surface area (Å²) in [5.41, 5.74) is 6.15. The SMILES string of the molecule is CCc1cc(-c2ccc(Cl)o2)n(-c2ccc3c(c2)nc(-c2cc(CN4CCOCC4)ccc2O)n3CCOC)n1. The van der Waals surface area contributed by atoms with E-state index in [1.54, 1.807) is 19.2 Å². The number of aryl methyl sites for hydroxylation is 1. The van der Waals surface area contributed by atoms with Gasteiger partial charge in [-0.05, 0) is 72.1 Å². The Kier molecular flexibility index (Phi) is 7.62. The maximum atomic E-state index is 10.9. The third-order valence-corrected chi connectivity index (χ3v) is 7.46. The van der Waals surface area contributed by atoms with Gasteiger partial charge < -0.3 is 23.6 Å². The molecular weight excluding hydrogens is 530 g/mol. The zero-order valence-electron chi connectivity index (χ0n) is 22.6. The van der Waals surface area contributed by atoms with Gasteiger partial charge in [0.05, 0.1) is 47.8 Å². The lowest BCUT2D eigenvalue weighted by molar-refractivity contribution is 0.0342.